The van der Waals surface area contributed by atoms with Gasteiger partial charge in [0.1, 0.15) is 28.9 Å². The van der Waals surface area contributed by atoms with Gasteiger partial charge in [0.05, 0.1) is 13.3 Å². The monoisotopic (exact) mass is 412 g/mol. The van der Waals surface area contributed by atoms with Crippen LogP contribution in [0.3, 0.4) is 0 Å². The third-order valence-electron chi connectivity index (χ3n) is 4.01. The molecule has 0 radical (unpaired) electrons. The number of fused-ring (bicyclic) bond motifs is 3. The predicted octanol–water partition coefficient (Wildman–Crippen LogP) is 3.24. The molecule has 4 aromatic rings. The van der Waals surface area contributed by atoms with E-state index in [4.69, 9.17) is 4.74 Å². The minimum Gasteiger partial charge on any atom is -0.507 e. The minimum atomic E-state index is -0.332. The minimum absolute atomic E-state index is 0.0344. The molecular formula is C18H13BrN4O3. The summed E-state index contributed by atoms with van der Waals surface area (Å²) in [6.45, 7) is 0. The summed E-state index contributed by atoms with van der Waals surface area (Å²) in [7, 11) is 1.53. The molecule has 4 rings (SSSR count). The highest BCUT2D eigenvalue weighted by atomic mass is 79.9. The van der Waals surface area contributed by atoms with Gasteiger partial charge in [-0.15, -0.1) is 0 Å². The zero-order valence-electron chi connectivity index (χ0n) is 13.6. The summed E-state index contributed by atoms with van der Waals surface area (Å²) in [5.41, 5.74) is 1.87. The molecule has 2 N–H and O–H groups in total. The molecule has 0 amide bonds. The first-order valence-electron chi connectivity index (χ1n) is 7.67. The van der Waals surface area contributed by atoms with Crippen molar-refractivity contribution < 1.29 is 9.84 Å². The van der Waals surface area contributed by atoms with Crippen molar-refractivity contribution in [2.75, 3.05) is 7.11 Å². The fourth-order valence-electron chi connectivity index (χ4n) is 2.69. The van der Waals surface area contributed by atoms with Crippen LogP contribution in [0.15, 0.2) is 57.1 Å². The lowest BCUT2D eigenvalue weighted by atomic mass is 10.2. The van der Waals surface area contributed by atoms with Crippen molar-refractivity contribution in [3.8, 4) is 11.5 Å². The molecule has 0 saturated carbocycles. The number of nitrogens with one attached hydrogen (secondary N) is 1. The van der Waals surface area contributed by atoms with Gasteiger partial charge in [-0.1, -0.05) is 15.9 Å². The van der Waals surface area contributed by atoms with Crippen LogP contribution in [0, 0.1) is 0 Å². The fourth-order valence-corrected chi connectivity index (χ4v) is 3.05. The molecule has 0 spiro atoms. The van der Waals surface area contributed by atoms with E-state index in [1.165, 1.54) is 25.7 Å². The van der Waals surface area contributed by atoms with Gasteiger partial charge in [0.25, 0.3) is 5.56 Å². The van der Waals surface area contributed by atoms with Gasteiger partial charge in [-0.05, 0) is 36.4 Å². The zero-order chi connectivity index (χ0) is 18.3. The van der Waals surface area contributed by atoms with Gasteiger partial charge in [-0.3, -0.25) is 4.79 Å². The molecule has 2 aromatic heterocycles. The van der Waals surface area contributed by atoms with E-state index >= 15 is 0 Å². The van der Waals surface area contributed by atoms with Crippen LogP contribution < -0.4 is 10.3 Å². The van der Waals surface area contributed by atoms with Crippen LogP contribution in [0.1, 0.15) is 5.56 Å². The molecule has 2 aromatic carbocycles. The highest BCUT2D eigenvalue weighted by Crippen LogP contribution is 2.25. The highest BCUT2D eigenvalue weighted by Gasteiger charge is 2.11. The second-order valence-electron chi connectivity index (χ2n) is 5.60. The molecule has 0 fully saturated rings. The first kappa shape index (κ1) is 16.3. The van der Waals surface area contributed by atoms with Crippen LogP contribution >= 0.6 is 15.9 Å². The molecule has 0 aliphatic rings. The molecule has 0 bridgehead atoms. The Morgan fingerprint density at radius 3 is 2.96 bits per heavy atom. The maximum atomic E-state index is 12.7. The topological polar surface area (TPSA) is 92.5 Å². The number of halogens is 1. The Morgan fingerprint density at radius 1 is 1.31 bits per heavy atom. The number of hydrogen-bond acceptors (Lipinski definition) is 5. The molecule has 130 valence electrons. The Bertz CT molecular complexity index is 1230. The maximum Gasteiger partial charge on any atom is 0.298 e. The van der Waals surface area contributed by atoms with Gasteiger partial charge < -0.3 is 14.8 Å². The fraction of sp³-hybridized carbons (Fsp3) is 0.0556. The summed E-state index contributed by atoms with van der Waals surface area (Å²) in [6, 6.07) is 10.4. The highest BCUT2D eigenvalue weighted by molar-refractivity contribution is 9.10. The van der Waals surface area contributed by atoms with Crippen LogP contribution in [-0.2, 0) is 0 Å². The Morgan fingerprint density at radius 2 is 2.15 bits per heavy atom. The van der Waals surface area contributed by atoms with Crippen LogP contribution in [0.4, 0.5) is 0 Å². The molecular weight excluding hydrogens is 400 g/mol. The van der Waals surface area contributed by atoms with Crippen molar-refractivity contribution in [1.82, 2.24) is 14.6 Å². The van der Waals surface area contributed by atoms with Crippen molar-refractivity contribution in [1.29, 1.82) is 0 Å². The predicted molar refractivity (Wildman–Crippen MR) is 103 cm³/mol. The summed E-state index contributed by atoms with van der Waals surface area (Å²) in [6.07, 6.45) is 2.73. The van der Waals surface area contributed by atoms with E-state index in [1.54, 1.807) is 12.1 Å². The van der Waals surface area contributed by atoms with Crippen molar-refractivity contribution in [2.24, 2.45) is 5.10 Å². The van der Waals surface area contributed by atoms with Gasteiger partial charge in [-0.25, -0.2) is 4.98 Å². The lowest BCUT2D eigenvalue weighted by Crippen LogP contribution is -2.17. The number of ether oxygens (including phenoxy) is 1. The smallest absolute Gasteiger partial charge is 0.298 e. The van der Waals surface area contributed by atoms with Gasteiger partial charge in [0.15, 0.2) is 0 Å². The Labute approximate surface area is 155 Å². The second-order valence-corrected chi connectivity index (χ2v) is 6.52. The van der Waals surface area contributed by atoms with Crippen molar-refractivity contribution in [3.63, 3.8) is 0 Å². The largest absolute Gasteiger partial charge is 0.507 e. The number of rotatable bonds is 3. The Hall–Kier alpha value is -3.13. The zero-order valence-corrected chi connectivity index (χ0v) is 15.2. The number of nitrogens with zero attached hydrogens (tertiary/aromatic N) is 3. The second kappa shape index (κ2) is 6.30. The average molecular weight is 413 g/mol. The van der Waals surface area contributed by atoms with E-state index in [-0.39, 0.29) is 11.3 Å². The summed E-state index contributed by atoms with van der Waals surface area (Å²) >= 11 is 3.42. The number of hydrogen-bond donors (Lipinski definition) is 2. The standard InChI is InChI=1S/C18H13BrN4O3/c1-26-12-3-5-15(24)10(6-12)8-21-23-9-20-16-13-7-11(19)2-4-14(13)22-17(16)18(23)25/h2-9,22,24H,1H3. The molecule has 26 heavy (non-hydrogen) atoms. The van der Waals surface area contributed by atoms with Crippen LogP contribution in [0.25, 0.3) is 21.9 Å². The third-order valence-corrected chi connectivity index (χ3v) is 4.50. The molecule has 0 saturated heterocycles. The van der Waals surface area contributed by atoms with Gasteiger partial charge >= 0.3 is 0 Å². The number of phenolic OH excluding ortho intramolecular Hbond substituents is 1. The molecule has 8 heteroatoms. The molecule has 0 atom stereocenters. The number of H-pyrrole nitrogens is 1. The van der Waals surface area contributed by atoms with E-state index in [1.807, 2.05) is 18.2 Å². The van der Waals surface area contributed by atoms with E-state index < -0.39 is 0 Å². The Kier molecular flexibility index (Phi) is 3.96. The summed E-state index contributed by atoms with van der Waals surface area (Å²) in [4.78, 5) is 20.1. The van der Waals surface area contributed by atoms with Crippen LogP contribution in [-0.4, -0.2) is 33.1 Å². The van der Waals surface area contributed by atoms with Gasteiger partial charge in [0, 0.05) is 20.9 Å². The SMILES string of the molecule is COc1ccc(O)c(C=Nn2cnc3c([nH]c4ccc(Br)cc43)c2=O)c1. The lowest BCUT2D eigenvalue weighted by Gasteiger charge is -2.03. The van der Waals surface area contributed by atoms with Crippen LogP contribution in [0.5, 0.6) is 11.5 Å². The summed E-state index contributed by atoms with van der Waals surface area (Å²) in [5, 5.41) is 14.9. The van der Waals surface area contributed by atoms with E-state index in [0.717, 1.165) is 20.1 Å². The van der Waals surface area contributed by atoms with Gasteiger partial charge in [0.2, 0.25) is 0 Å². The van der Waals surface area contributed by atoms with Gasteiger partial charge in [-0.2, -0.15) is 9.78 Å². The first-order chi connectivity index (χ1) is 12.6. The van der Waals surface area contributed by atoms with Crippen molar-refractivity contribution in [3.05, 3.63) is 63.1 Å². The number of aromatic nitrogens is 3. The van der Waals surface area contributed by atoms with Crippen molar-refractivity contribution >= 4 is 44.1 Å². The van der Waals surface area contributed by atoms with E-state index in [9.17, 15) is 9.90 Å². The van der Waals surface area contributed by atoms with E-state index in [2.05, 4.69) is 31.0 Å². The number of aromatic amines is 1. The average Bonchev–Trinajstić information content (AvgIpc) is 3.01. The third kappa shape index (κ3) is 2.74. The first-order valence-corrected chi connectivity index (χ1v) is 8.46. The molecule has 0 aliphatic heterocycles. The normalized spacial score (nSPS) is 11.6. The molecule has 2 heterocycles. The molecule has 7 nitrogen and oxygen atoms in total. The summed E-state index contributed by atoms with van der Waals surface area (Å²) in [5.74, 6) is 0.610. The molecule has 0 aliphatic carbocycles. The summed E-state index contributed by atoms with van der Waals surface area (Å²) < 4.78 is 7.15. The number of phenols is 1. The van der Waals surface area contributed by atoms with Crippen LogP contribution in [0.2, 0.25) is 0 Å². The number of methoxy groups -OCH3 is 1. The lowest BCUT2D eigenvalue weighted by molar-refractivity contribution is 0.412. The maximum absolute atomic E-state index is 12.7. The molecule has 0 unspecified atom stereocenters. The number of benzene rings is 2. The number of aromatic hydroxyl groups is 1. The van der Waals surface area contributed by atoms with Crippen molar-refractivity contribution in [2.45, 2.75) is 0 Å². The quantitative estimate of drug-likeness (QED) is 0.505. The van der Waals surface area contributed by atoms with E-state index in [0.29, 0.717) is 22.3 Å². The Balaban J connectivity index is 1.82.